The first-order valence-electron chi connectivity index (χ1n) is 5.80. The van der Waals surface area contributed by atoms with Gasteiger partial charge in [0, 0.05) is 24.8 Å². The summed E-state index contributed by atoms with van der Waals surface area (Å²) >= 11 is 0. The first-order valence-corrected chi connectivity index (χ1v) is 5.80. The van der Waals surface area contributed by atoms with Gasteiger partial charge >= 0.3 is 0 Å². The van der Waals surface area contributed by atoms with Crippen LogP contribution in [0.2, 0.25) is 0 Å². The molecule has 3 N–H and O–H groups in total. The second kappa shape index (κ2) is 6.19. The van der Waals surface area contributed by atoms with Crippen LogP contribution < -0.4 is 5.73 Å². The molecule has 0 amide bonds. The fourth-order valence-corrected chi connectivity index (χ4v) is 2.28. The van der Waals surface area contributed by atoms with Crippen molar-refractivity contribution >= 4 is 12.4 Å². The van der Waals surface area contributed by atoms with Gasteiger partial charge in [-0.25, -0.2) is 0 Å². The largest absolute Gasteiger partial charge is 0.506 e. The van der Waals surface area contributed by atoms with E-state index in [1.54, 1.807) is 6.07 Å². The van der Waals surface area contributed by atoms with Crippen LogP contribution in [-0.4, -0.2) is 34.1 Å². The maximum atomic E-state index is 9.73. The topological polar surface area (TPSA) is 62.4 Å². The van der Waals surface area contributed by atoms with Gasteiger partial charge in [0.15, 0.2) is 0 Å². The van der Waals surface area contributed by atoms with E-state index in [4.69, 9.17) is 5.73 Å². The van der Waals surface area contributed by atoms with E-state index in [1.807, 2.05) is 13.0 Å². The predicted octanol–water partition coefficient (Wildman–Crippen LogP) is 1.44. The summed E-state index contributed by atoms with van der Waals surface area (Å²) in [7, 11) is 0. The zero-order chi connectivity index (χ0) is 11.5. The number of hydrogen-bond acceptors (Lipinski definition) is 4. The third-order valence-corrected chi connectivity index (χ3v) is 3.21. The first kappa shape index (κ1) is 14.2. The van der Waals surface area contributed by atoms with E-state index in [1.165, 1.54) is 6.42 Å². The number of aromatic nitrogens is 1. The normalized spacial score (nSPS) is 20.2. The van der Waals surface area contributed by atoms with Crippen LogP contribution in [-0.2, 0) is 6.54 Å². The van der Waals surface area contributed by atoms with Crippen molar-refractivity contribution in [3.63, 3.8) is 0 Å². The van der Waals surface area contributed by atoms with Gasteiger partial charge in [0.05, 0.1) is 5.69 Å². The fraction of sp³-hybridized carbons (Fsp3) is 0.583. The summed E-state index contributed by atoms with van der Waals surface area (Å²) in [6, 6.07) is 3.98. The Morgan fingerprint density at radius 1 is 1.53 bits per heavy atom. The Hall–Kier alpha value is -0.840. The van der Waals surface area contributed by atoms with Gasteiger partial charge in [0.1, 0.15) is 5.75 Å². The second-order valence-corrected chi connectivity index (χ2v) is 4.42. The number of halogens is 1. The molecule has 1 aromatic rings. The first-order chi connectivity index (χ1) is 7.70. The molecule has 0 saturated carbocycles. The van der Waals surface area contributed by atoms with Crippen LogP contribution in [0.4, 0.5) is 0 Å². The number of rotatable bonds is 3. The molecule has 1 atom stereocenters. The number of aromatic hydroxyl groups is 1. The molecule has 1 aliphatic heterocycles. The molecule has 2 heterocycles. The number of nitrogens with two attached hydrogens (primary N) is 1. The molecule has 1 fully saturated rings. The molecule has 0 radical (unpaired) electrons. The Morgan fingerprint density at radius 2 is 2.29 bits per heavy atom. The van der Waals surface area contributed by atoms with Crippen molar-refractivity contribution in [2.24, 2.45) is 5.73 Å². The van der Waals surface area contributed by atoms with Gasteiger partial charge in [-0.1, -0.05) is 0 Å². The average Bonchev–Trinajstić information content (AvgIpc) is 2.71. The molecule has 96 valence electrons. The van der Waals surface area contributed by atoms with Crippen molar-refractivity contribution in [2.75, 3.05) is 13.1 Å². The molecule has 17 heavy (non-hydrogen) atoms. The van der Waals surface area contributed by atoms with E-state index >= 15 is 0 Å². The molecule has 0 spiro atoms. The molecule has 1 aliphatic rings. The molecular formula is C12H20ClN3O. The Kier molecular flexibility index (Phi) is 5.18. The van der Waals surface area contributed by atoms with Gasteiger partial charge < -0.3 is 10.8 Å². The average molecular weight is 258 g/mol. The minimum atomic E-state index is 0. The van der Waals surface area contributed by atoms with Gasteiger partial charge in [-0.15, -0.1) is 12.4 Å². The van der Waals surface area contributed by atoms with Gasteiger partial charge in [-0.05, 0) is 38.4 Å². The molecule has 0 aliphatic carbocycles. The lowest BCUT2D eigenvalue weighted by Crippen LogP contribution is -2.35. The van der Waals surface area contributed by atoms with Gasteiger partial charge in [0.2, 0.25) is 0 Å². The Balaban J connectivity index is 0.00000144. The van der Waals surface area contributed by atoms with Crippen LogP contribution >= 0.6 is 12.4 Å². The van der Waals surface area contributed by atoms with Crippen molar-refractivity contribution in [1.29, 1.82) is 0 Å². The second-order valence-electron chi connectivity index (χ2n) is 4.42. The van der Waals surface area contributed by atoms with E-state index in [9.17, 15) is 5.11 Å². The number of hydrogen-bond donors (Lipinski definition) is 2. The van der Waals surface area contributed by atoms with E-state index in [0.717, 1.165) is 24.4 Å². The number of nitrogens with zero attached hydrogens (tertiary/aromatic N) is 2. The lowest BCUT2D eigenvalue weighted by molar-refractivity contribution is 0.243. The lowest BCUT2D eigenvalue weighted by atomic mass is 10.2. The van der Waals surface area contributed by atoms with Gasteiger partial charge in [-0.2, -0.15) is 0 Å². The molecular weight excluding hydrogens is 238 g/mol. The third-order valence-electron chi connectivity index (χ3n) is 3.21. The standard InChI is InChI=1S/C12H19N3O.ClH/c1-9-4-5-12(16)11(14-9)8-15-6-2-3-10(15)7-13;/h4-5,10,16H,2-3,6-8,13H2,1H3;1H. The maximum absolute atomic E-state index is 9.73. The summed E-state index contributed by atoms with van der Waals surface area (Å²) in [6.45, 7) is 4.38. The highest BCUT2D eigenvalue weighted by Gasteiger charge is 2.24. The molecule has 2 rings (SSSR count). The third kappa shape index (κ3) is 3.31. The van der Waals surface area contributed by atoms with Crippen LogP contribution in [0.25, 0.3) is 0 Å². The van der Waals surface area contributed by atoms with Crippen LogP contribution in [0.15, 0.2) is 12.1 Å². The van der Waals surface area contributed by atoms with Crippen molar-refractivity contribution in [3.8, 4) is 5.75 Å². The number of pyridine rings is 1. The highest BCUT2D eigenvalue weighted by molar-refractivity contribution is 5.85. The fourth-order valence-electron chi connectivity index (χ4n) is 2.28. The Morgan fingerprint density at radius 3 is 3.00 bits per heavy atom. The summed E-state index contributed by atoms with van der Waals surface area (Å²) in [6.07, 6.45) is 2.34. The van der Waals surface area contributed by atoms with Crippen molar-refractivity contribution in [2.45, 2.75) is 32.4 Å². The highest BCUT2D eigenvalue weighted by Crippen LogP contribution is 2.22. The minimum absolute atomic E-state index is 0. The van der Waals surface area contributed by atoms with Gasteiger partial charge in [0.25, 0.3) is 0 Å². The van der Waals surface area contributed by atoms with Crippen molar-refractivity contribution in [1.82, 2.24) is 9.88 Å². The summed E-state index contributed by atoms with van der Waals surface area (Å²) in [5.74, 6) is 0.285. The van der Waals surface area contributed by atoms with Crippen LogP contribution in [0.5, 0.6) is 5.75 Å². The SMILES string of the molecule is Cc1ccc(O)c(CN2CCCC2CN)n1.Cl. The summed E-state index contributed by atoms with van der Waals surface area (Å²) < 4.78 is 0. The van der Waals surface area contributed by atoms with E-state index in [0.29, 0.717) is 19.1 Å². The summed E-state index contributed by atoms with van der Waals surface area (Å²) in [5, 5.41) is 9.73. The summed E-state index contributed by atoms with van der Waals surface area (Å²) in [4.78, 5) is 6.68. The van der Waals surface area contributed by atoms with Crippen molar-refractivity contribution < 1.29 is 5.11 Å². The zero-order valence-electron chi connectivity index (χ0n) is 10.1. The Labute approximate surface area is 108 Å². The highest BCUT2D eigenvalue weighted by atomic mass is 35.5. The molecule has 1 unspecified atom stereocenters. The zero-order valence-corrected chi connectivity index (χ0v) is 10.9. The molecule has 4 nitrogen and oxygen atoms in total. The van der Waals surface area contributed by atoms with E-state index in [-0.39, 0.29) is 18.2 Å². The van der Waals surface area contributed by atoms with Crippen LogP contribution in [0.1, 0.15) is 24.2 Å². The van der Waals surface area contributed by atoms with E-state index in [2.05, 4.69) is 9.88 Å². The van der Waals surface area contributed by atoms with E-state index < -0.39 is 0 Å². The number of likely N-dealkylation sites (tertiary alicyclic amines) is 1. The van der Waals surface area contributed by atoms with Crippen molar-refractivity contribution in [3.05, 3.63) is 23.5 Å². The molecule has 0 bridgehead atoms. The summed E-state index contributed by atoms with van der Waals surface area (Å²) in [5.41, 5.74) is 7.43. The minimum Gasteiger partial charge on any atom is -0.506 e. The monoisotopic (exact) mass is 257 g/mol. The maximum Gasteiger partial charge on any atom is 0.138 e. The lowest BCUT2D eigenvalue weighted by Gasteiger charge is -2.22. The predicted molar refractivity (Wildman–Crippen MR) is 70.4 cm³/mol. The van der Waals surface area contributed by atoms with Crippen LogP contribution in [0, 0.1) is 6.92 Å². The molecule has 1 aromatic heterocycles. The van der Waals surface area contributed by atoms with Gasteiger partial charge in [-0.3, -0.25) is 9.88 Å². The molecule has 5 heteroatoms. The smallest absolute Gasteiger partial charge is 0.138 e. The molecule has 1 saturated heterocycles. The quantitative estimate of drug-likeness (QED) is 0.860. The van der Waals surface area contributed by atoms with Crippen LogP contribution in [0.3, 0.4) is 0 Å². The Bertz CT molecular complexity index is 373. The number of aryl methyl sites for hydroxylation is 1. The molecule has 0 aromatic carbocycles.